The molecule has 0 radical (unpaired) electrons. The van der Waals surface area contributed by atoms with Crippen LogP contribution in [0.4, 0.5) is 0 Å². The highest BCUT2D eigenvalue weighted by Gasteiger charge is 2.18. The van der Waals surface area contributed by atoms with Gasteiger partial charge in [-0.15, -0.1) is 0 Å². The van der Waals surface area contributed by atoms with Crippen molar-refractivity contribution >= 4 is 16.7 Å². The number of benzene rings is 3. The largest absolute Gasteiger partial charge is 0.497 e. The third-order valence-electron chi connectivity index (χ3n) is 6.90. The van der Waals surface area contributed by atoms with Gasteiger partial charge in [-0.3, -0.25) is 14.3 Å². The summed E-state index contributed by atoms with van der Waals surface area (Å²) in [5.41, 5.74) is 3.81. The maximum atomic E-state index is 13.9. The summed E-state index contributed by atoms with van der Waals surface area (Å²) in [6.07, 6.45) is 2.40. The second kappa shape index (κ2) is 13.0. The van der Waals surface area contributed by atoms with E-state index in [1.807, 2.05) is 61.5 Å². The monoisotopic (exact) mass is 563 g/mol. The van der Waals surface area contributed by atoms with Crippen LogP contribution in [0.1, 0.15) is 35.1 Å². The minimum absolute atomic E-state index is 0.0527. The molecular formula is C34H33N3O5. The van der Waals surface area contributed by atoms with E-state index in [9.17, 15) is 4.79 Å². The zero-order valence-corrected chi connectivity index (χ0v) is 24.0. The van der Waals surface area contributed by atoms with E-state index in [4.69, 9.17) is 23.9 Å². The number of hydrogen-bond donors (Lipinski definition) is 0. The Morgan fingerprint density at radius 1 is 0.905 bits per heavy atom. The molecule has 3 aromatic carbocycles. The van der Waals surface area contributed by atoms with Gasteiger partial charge in [0.1, 0.15) is 40.8 Å². The van der Waals surface area contributed by atoms with Crippen molar-refractivity contribution in [3.05, 3.63) is 130 Å². The van der Waals surface area contributed by atoms with Crippen LogP contribution in [0.15, 0.2) is 96.4 Å². The summed E-state index contributed by atoms with van der Waals surface area (Å²) in [6.45, 7) is 6.54. The van der Waals surface area contributed by atoms with Gasteiger partial charge < -0.3 is 18.9 Å². The van der Waals surface area contributed by atoms with Crippen molar-refractivity contribution in [2.75, 3.05) is 20.8 Å². The summed E-state index contributed by atoms with van der Waals surface area (Å²) in [4.78, 5) is 23.2. The Morgan fingerprint density at radius 2 is 1.64 bits per heavy atom. The molecule has 8 nitrogen and oxygen atoms in total. The number of pyridine rings is 1. The molecule has 0 saturated heterocycles. The third kappa shape index (κ3) is 6.28. The van der Waals surface area contributed by atoms with Gasteiger partial charge in [0.2, 0.25) is 0 Å². The van der Waals surface area contributed by atoms with Crippen LogP contribution in [0.2, 0.25) is 0 Å². The van der Waals surface area contributed by atoms with Gasteiger partial charge in [0.05, 0.1) is 32.8 Å². The van der Waals surface area contributed by atoms with Gasteiger partial charge in [0.15, 0.2) is 5.82 Å². The van der Waals surface area contributed by atoms with E-state index in [0.717, 1.165) is 12.0 Å². The lowest BCUT2D eigenvalue weighted by Crippen LogP contribution is -2.27. The Kier molecular flexibility index (Phi) is 8.82. The number of hydrogen-bond acceptors (Lipinski definition) is 7. The van der Waals surface area contributed by atoms with Crippen LogP contribution >= 0.6 is 0 Å². The molecule has 0 saturated carbocycles. The molecule has 8 heteroatoms. The fourth-order valence-corrected chi connectivity index (χ4v) is 4.75. The third-order valence-corrected chi connectivity index (χ3v) is 6.90. The van der Waals surface area contributed by atoms with Crippen molar-refractivity contribution in [2.24, 2.45) is 0 Å². The molecule has 0 aliphatic heterocycles. The Labute approximate surface area is 244 Å². The van der Waals surface area contributed by atoms with Gasteiger partial charge in [0, 0.05) is 17.8 Å². The lowest BCUT2D eigenvalue weighted by atomic mass is 10.1. The van der Waals surface area contributed by atoms with Gasteiger partial charge in [-0.05, 0) is 54.8 Å². The molecule has 0 N–H and O–H groups in total. The predicted octanol–water partition coefficient (Wildman–Crippen LogP) is 6.03. The molecule has 0 fully saturated rings. The maximum Gasteiger partial charge on any atom is 0.261 e. The second-order valence-electron chi connectivity index (χ2n) is 9.60. The summed E-state index contributed by atoms with van der Waals surface area (Å²) in [5, 5.41) is 0.405. The van der Waals surface area contributed by atoms with Crippen LogP contribution in [-0.2, 0) is 24.3 Å². The first-order valence-electron chi connectivity index (χ1n) is 13.7. The molecule has 0 aliphatic carbocycles. The van der Waals surface area contributed by atoms with E-state index in [1.165, 1.54) is 11.1 Å². The number of rotatable bonds is 12. The fourth-order valence-electron chi connectivity index (χ4n) is 4.75. The van der Waals surface area contributed by atoms with Crippen molar-refractivity contribution in [3.8, 4) is 17.2 Å². The number of fused-ring (bicyclic) bond motifs is 1. The summed E-state index contributed by atoms with van der Waals surface area (Å²) >= 11 is 0. The summed E-state index contributed by atoms with van der Waals surface area (Å²) in [6, 6.07) is 25.4. The van der Waals surface area contributed by atoms with Crippen molar-refractivity contribution in [3.63, 3.8) is 0 Å². The standard InChI is InChI=1S/C34H33N3O5/c1-5-41-23(2)32-33-29(17-18-35-32)34(38)37(21-26-13-16-28(39-3)20-30(26)40-4)31(36-33)22-42-27-14-11-25(12-15-27)19-24-9-7-6-8-10-24/h6-18,20H,2,5,19,21-22H2,1,3-4H3. The minimum Gasteiger partial charge on any atom is -0.497 e. The first-order chi connectivity index (χ1) is 20.5. The summed E-state index contributed by atoms with van der Waals surface area (Å²) in [7, 11) is 3.18. The topological polar surface area (TPSA) is 84.7 Å². The number of aromatic nitrogens is 3. The Morgan fingerprint density at radius 3 is 2.36 bits per heavy atom. The van der Waals surface area contributed by atoms with Gasteiger partial charge >= 0.3 is 0 Å². The highest BCUT2D eigenvalue weighted by Crippen LogP contribution is 2.26. The van der Waals surface area contributed by atoms with Crippen LogP contribution in [0.3, 0.4) is 0 Å². The predicted molar refractivity (Wildman–Crippen MR) is 163 cm³/mol. The molecular weight excluding hydrogens is 530 g/mol. The average Bonchev–Trinajstić information content (AvgIpc) is 3.02. The molecule has 0 amide bonds. The molecule has 214 valence electrons. The van der Waals surface area contributed by atoms with E-state index in [2.05, 4.69) is 23.7 Å². The highest BCUT2D eigenvalue weighted by molar-refractivity contribution is 5.86. The van der Waals surface area contributed by atoms with Gasteiger partial charge in [-0.2, -0.15) is 0 Å². The van der Waals surface area contributed by atoms with E-state index < -0.39 is 0 Å². The molecule has 0 bridgehead atoms. The quantitative estimate of drug-likeness (QED) is 0.171. The zero-order valence-electron chi connectivity index (χ0n) is 24.0. The second-order valence-corrected chi connectivity index (χ2v) is 9.60. The molecule has 0 unspecified atom stereocenters. The fraction of sp³-hybridized carbons (Fsp3) is 0.206. The van der Waals surface area contributed by atoms with E-state index in [0.29, 0.717) is 52.0 Å². The minimum atomic E-state index is -0.234. The lowest BCUT2D eigenvalue weighted by Gasteiger charge is -2.17. The first-order valence-corrected chi connectivity index (χ1v) is 13.7. The lowest BCUT2D eigenvalue weighted by molar-refractivity contribution is 0.287. The Balaban J connectivity index is 1.50. The van der Waals surface area contributed by atoms with Crippen LogP contribution in [0.5, 0.6) is 17.2 Å². The zero-order chi connectivity index (χ0) is 29.5. The smallest absolute Gasteiger partial charge is 0.261 e. The van der Waals surface area contributed by atoms with Crippen LogP contribution < -0.4 is 19.8 Å². The number of ether oxygens (including phenoxy) is 4. The molecule has 42 heavy (non-hydrogen) atoms. The molecule has 5 aromatic rings. The molecule has 5 rings (SSSR count). The van der Waals surface area contributed by atoms with Gasteiger partial charge in [0.25, 0.3) is 5.56 Å². The van der Waals surface area contributed by atoms with E-state index >= 15 is 0 Å². The normalized spacial score (nSPS) is 10.8. The summed E-state index contributed by atoms with van der Waals surface area (Å²) < 4.78 is 24.3. The molecule has 0 aliphatic rings. The van der Waals surface area contributed by atoms with Crippen molar-refractivity contribution in [2.45, 2.75) is 26.5 Å². The van der Waals surface area contributed by atoms with Gasteiger partial charge in [-0.25, -0.2) is 4.98 Å². The van der Waals surface area contributed by atoms with Crippen molar-refractivity contribution < 1.29 is 18.9 Å². The van der Waals surface area contributed by atoms with Crippen LogP contribution in [0, 0.1) is 0 Å². The van der Waals surface area contributed by atoms with Crippen LogP contribution in [0.25, 0.3) is 16.7 Å². The first kappa shape index (κ1) is 28.4. The summed E-state index contributed by atoms with van der Waals surface area (Å²) in [5.74, 6) is 2.70. The van der Waals surface area contributed by atoms with E-state index in [-0.39, 0.29) is 18.7 Å². The molecule has 2 heterocycles. The number of nitrogens with zero attached hydrogens (tertiary/aromatic N) is 3. The van der Waals surface area contributed by atoms with Gasteiger partial charge in [-0.1, -0.05) is 49.0 Å². The molecule has 0 spiro atoms. The average molecular weight is 564 g/mol. The van der Waals surface area contributed by atoms with Crippen LogP contribution in [-0.4, -0.2) is 35.4 Å². The highest BCUT2D eigenvalue weighted by atomic mass is 16.5. The molecule has 0 atom stereocenters. The van der Waals surface area contributed by atoms with Crippen molar-refractivity contribution in [1.82, 2.24) is 14.5 Å². The Hall–Kier alpha value is -5.11. The van der Waals surface area contributed by atoms with E-state index in [1.54, 1.807) is 37.1 Å². The SMILES string of the molecule is C=C(OCC)c1nccc2c(=O)n(Cc3ccc(OC)cc3OC)c(COc3ccc(Cc4ccccc4)cc3)nc12. The Bertz CT molecular complexity index is 1750. The maximum absolute atomic E-state index is 13.9. The van der Waals surface area contributed by atoms with Crippen molar-refractivity contribution in [1.29, 1.82) is 0 Å². The molecule has 2 aromatic heterocycles. The number of methoxy groups -OCH3 is 2.